The van der Waals surface area contributed by atoms with Gasteiger partial charge >= 0.3 is 5.97 Å². The number of hydrogen-bond donors (Lipinski definition) is 0. The molecule has 1 aromatic heterocycles. The number of aliphatic imine (C=N–C) groups is 1. The van der Waals surface area contributed by atoms with Crippen LogP contribution >= 0.6 is 0 Å². The molecule has 1 aliphatic carbocycles. The van der Waals surface area contributed by atoms with Crippen LogP contribution in [-0.2, 0) is 9.53 Å². The van der Waals surface area contributed by atoms with Crippen molar-refractivity contribution in [3.05, 3.63) is 46.5 Å². The smallest absolute Gasteiger partial charge is 0.334 e. The van der Waals surface area contributed by atoms with Gasteiger partial charge in [-0.15, -0.1) is 0 Å². The van der Waals surface area contributed by atoms with Crippen LogP contribution in [0.25, 0.3) is 11.6 Å². The molecule has 1 aromatic rings. The van der Waals surface area contributed by atoms with E-state index in [9.17, 15) is 4.79 Å². The van der Waals surface area contributed by atoms with Crippen LogP contribution in [0.3, 0.4) is 0 Å². The molecule has 2 aliphatic rings. The first-order valence-electron chi connectivity index (χ1n) is 6.41. The highest BCUT2D eigenvalue weighted by atomic mass is 16.5. The number of rotatable bonds is 2. The summed E-state index contributed by atoms with van der Waals surface area (Å²) in [5.41, 5.74) is 2.37. The molecule has 2 heterocycles. The van der Waals surface area contributed by atoms with Gasteiger partial charge in [-0.1, -0.05) is 0 Å². The summed E-state index contributed by atoms with van der Waals surface area (Å²) < 4.78 is 5.05. The minimum absolute atomic E-state index is 0.289. The highest BCUT2D eigenvalue weighted by molar-refractivity contribution is 5.97. The minimum atomic E-state index is -0.289. The molecule has 0 saturated carbocycles. The normalized spacial score (nSPS) is 16.1. The lowest BCUT2D eigenvalue weighted by atomic mass is 9.96. The maximum atomic E-state index is 11.9. The second-order valence-electron chi connectivity index (χ2n) is 4.39. The van der Waals surface area contributed by atoms with Gasteiger partial charge in [0.05, 0.1) is 17.7 Å². The van der Waals surface area contributed by atoms with Crippen molar-refractivity contribution in [1.29, 1.82) is 0 Å². The molecule has 0 radical (unpaired) electrons. The van der Waals surface area contributed by atoms with Gasteiger partial charge in [-0.05, 0) is 25.2 Å². The van der Waals surface area contributed by atoms with Crippen LogP contribution in [0.2, 0.25) is 0 Å². The number of carbonyl (C=O) groups is 1. The summed E-state index contributed by atoms with van der Waals surface area (Å²) in [6, 6.07) is 0. The number of fused-ring (bicyclic) bond motifs is 2. The van der Waals surface area contributed by atoms with E-state index in [1.807, 2.05) is 12.2 Å². The first kappa shape index (κ1) is 12.5. The zero-order valence-corrected chi connectivity index (χ0v) is 11.0. The average Bonchev–Trinajstić information content (AvgIpc) is 2.66. The quantitative estimate of drug-likeness (QED) is 0.721. The Labute approximate surface area is 115 Å². The summed E-state index contributed by atoms with van der Waals surface area (Å²) in [6.45, 7) is 2.16. The number of hydrogen-bond acceptors (Lipinski definition) is 5. The van der Waals surface area contributed by atoms with Crippen molar-refractivity contribution in [2.75, 3.05) is 6.61 Å². The molecule has 1 aliphatic heterocycles. The van der Waals surface area contributed by atoms with E-state index in [-0.39, 0.29) is 5.97 Å². The van der Waals surface area contributed by atoms with E-state index >= 15 is 0 Å². The van der Waals surface area contributed by atoms with Gasteiger partial charge in [0, 0.05) is 35.2 Å². The zero-order valence-electron chi connectivity index (χ0n) is 11.0. The van der Waals surface area contributed by atoms with Crippen molar-refractivity contribution in [3.8, 4) is 0 Å². The van der Waals surface area contributed by atoms with Gasteiger partial charge in [-0.25, -0.2) is 14.8 Å². The monoisotopic (exact) mass is 267 g/mol. The Hall–Kier alpha value is -2.56. The summed E-state index contributed by atoms with van der Waals surface area (Å²) in [4.78, 5) is 24.6. The van der Waals surface area contributed by atoms with E-state index in [4.69, 9.17) is 4.74 Å². The predicted molar refractivity (Wildman–Crippen MR) is 75.1 cm³/mol. The molecule has 5 heteroatoms. The highest BCUT2D eigenvalue weighted by Crippen LogP contribution is 2.26. The Morgan fingerprint density at radius 3 is 3.10 bits per heavy atom. The fraction of sp³-hybridized carbons (Fsp3) is 0.200. The van der Waals surface area contributed by atoms with Gasteiger partial charge in [0.15, 0.2) is 0 Å². The van der Waals surface area contributed by atoms with Crippen LogP contribution in [0.1, 0.15) is 13.3 Å². The van der Waals surface area contributed by atoms with Crippen LogP contribution in [0.5, 0.6) is 0 Å². The summed E-state index contributed by atoms with van der Waals surface area (Å²) >= 11 is 0. The molecule has 0 unspecified atom stereocenters. The van der Waals surface area contributed by atoms with Gasteiger partial charge in [-0.3, -0.25) is 4.99 Å². The van der Waals surface area contributed by atoms with Crippen molar-refractivity contribution >= 4 is 23.8 Å². The number of esters is 1. The minimum Gasteiger partial charge on any atom is -0.463 e. The van der Waals surface area contributed by atoms with E-state index in [0.29, 0.717) is 18.6 Å². The Kier molecular flexibility index (Phi) is 3.25. The van der Waals surface area contributed by atoms with E-state index in [1.165, 1.54) is 6.33 Å². The molecule has 3 rings (SSSR count). The van der Waals surface area contributed by atoms with Gasteiger partial charge < -0.3 is 4.74 Å². The lowest BCUT2D eigenvalue weighted by molar-refractivity contribution is -0.138. The van der Waals surface area contributed by atoms with Crippen molar-refractivity contribution in [3.63, 3.8) is 0 Å². The number of ether oxygens (including phenoxy) is 1. The van der Waals surface area contributed by atoms with E-state index in [1.54, 1.807) is 25.4 Å². The summed E-state index contributed by atoms with van der Waals surface area (Å²) in [5.74, 6) is -0.289. The van der Waals surface area contributed by atoms with Crippen molar-refractivity contribution in [2.45, 2.75) is 13.3 Å². The molecule has 100 valence electrons. The molecule has 0 saturated heterocycles. The number of aromatic nitrogens is 2. The summed E-state index contributed by atoms with van der Waals surface area (Å²) in [5, 5.41) is 1.72. The third-order valence-corrected chi connectivity index (χ3v) is 3.15. The van der Waals surface area contributed by atoms with Gasteiger partial charge in [0.1, 0.15) is 6.33 Å². The van der Waals surface area contributed by atoms with E-state index < -0.39 is 0 Å². The van der Waals surface area contributed by atoms with Crippen LogP contribution < -0.4 is 10.6 Å². The Morgan fingerprint density at radius 1 is 1.35 bits per heavy atom. The SMILES string of the molecule is CCOC(=O)C1=CC=C2N=CC=c3cncnc3=C2C1. The molecule has 0 N–H and O–H groups in total. The fourth-order valence-corrected chi connectivity index (χ4v) is 2.22. The van der Waals surface area contributed by atoms with Gasteiger partial charge in [-0.2, -0.15) is 0 Å². The zero-order chi connectivity index (χ0) is 13.9. The topological polar surface area (TPSA) is 64.4 Å². The van der Waals surface area contributed by atoms with Gasteiger partial charge in [0.2, 0.25) is 0 Å². The van der Waals surface area contributed by atoms with Crippen LogP contribution in [-0.4, -0.2) is 28.8 Å². The second-order valence-corrected chi connectivity index (χ2v) is 4.39. The first-order chi connectivity index (χ1) is 9.79. The number of carbonyl (C=O) groups excluding carboxylic acids is 1. The molecule has 20 heavy (non-hydrogen) atoms. The van der Waals surface area contributed by atoms with Crippen molar-refractivity contribution in [1.82, 2.24) is 9.97 Å². The van der Waals surface area contributed by atoms with Crippen LogP contribution in [0.15, 0.2) is 40.9 Å². The standard InChI is InChI=1S/C15H13N3O2/c1-2-20-15(19)10-3-4-13-12(7-10)14-11(5-6-17-13)8-16-9-18-14/h3-6,8-9H,2,7H2,1H3. The maximum Gasteiger partial charge on any atom is 0.334 e. The summed E-state index contributed by atoms with van der Waals surface area (Å²) in [6.07, 6.45) is 10.9. The predicted octanol–water partition coefficient (Wildman–Crippen LogP) is 0.269. The molecule has 0 bridgehead atoms. The number of nitrogens with zero attached hydrogens (tertiary/aromatic N) is 3. The molecular weight excluding hydrogens is 254 g/mol. The van der Waals surface area contributed by atoms with Gasteiger partial charge in [0.25, 0.3) is 0 Å². The molecule has 0 fully saturated rings. The van der Waals surface area contributed by atoms with E-state index in [0.717, 1.165) is 21.8 Å². The Bertz CT molecular complexity index is 773. The Morgan fingerprint density at radius 2 is 2.25 bits per heavy atom. The molecule has 0 spiro atoms. The molecule has 0 amide bonds. The lowest BCUT2D eigenvalue weighted by Crippen LogP contribution is -2.31. The van der Waals surface area contributed by atoms with Crippen LogP contribution in [0, 0.1) is 0 Å². The van der Waals surface area contributed by atoms with Crippen molar-refractivity contribution < 1.29 is 9.53 Å². The maximum absolute atomic E-state index is 11.9. The molecule has 0 atom stereocenters. The lowest BCUT2D eigenvalue weighted by Gasteiger charge is -2.14. The molecular formula is C15H13N3O2. The Balaban J connectivity index is 2.14. The largest absolute Gasteiger partial charge is 0.463 e. The number of allylic oxidation sites excluding steroid dienone is 3. The highest BCUT2D eigenvalue weighted by Gasteiger charge is 2.20. The third kappa shape index (κ3) is 2.18. The molecule has 5 nitrogen and oxygen atoms in total. The average molecular weight is 267 g/mol. The first-order valence-corrected chi connectivity index (χ1v) is 6.41. The third-order valence-electron chi connectivity index (χ3n) is 3.15. The van der Waals surface area contributed by atoms with Crippen molar-refractivity contribution in [2.24, 2.45) is 4.99 Å². The van der Waals surface area contributed by atoms with Crippen LogP contribution in [0.4, 0.5) is 0 Å². The molecule has 0 aromatic carbocycles. The second kappa shape index (κ2) is 5.21. The summed E-state index contributed by atoms with van der Waals surface area (Å²) in [7, 11) is 0. The fourth-order valence-electron chi connectivity index (χ4n) is 2.22. The van der Waals surface area contributed by atoms with E-state index in [2.05, 4.69) is 15.0 Å².